The molecule has 0 aliphatic heterocycles. The first-order valence-electron chi connectivity index (χ1n) is 4.96. The summed E-state index contributed by atoms with van der Waals surface area (Å²) in [6.45, 7) is 1.83. The van der Waals surface area contributed by atoms with Crippen LogP contribution in [0.5, 0.6) is 0 Å². The molecule has 1 heterocycles. The summed E-state index contributed by atoms with van der Waals surface area (Å²) in [5.74, 6) is -0.763. The maximum atomic E-state index is 11.8. The summed E-state index contributed by atoms with van der Waals surface area (Å²) in [6, 6.07) is 0. The fraction of sp³-hybridized carbons (Fsp3) is 0.600. The predicted octanol–water partition coefficient (Wildman–Crippen LogP) is 2.56. The molecule has 0 aliphatic carbocycles. The summed E-state index contributed by atoms with van der Waals surface area (Å²) in [4.78, 5) is 17.8. The number of aromatic nitrogens is 2. The number of nitrogens with zero attached hydrogens (tertiary/aromatic N) is 1. The van der Waals surface area contributed by atoms with Crippen LogP contribution < -0.4 is 0 Å². The van der Waals surface area contributed by atoms with Crippen LogP contribution >= 0.6 is 0 Å². The second kappa shape index (κ2) is 5.14. The van der Waals surface area contributed by atoms with Crippen LogP contribution in [0.1, 0.15) is 30.7 Å². The minimum absolute atomic E-state index is 0.0498. The molecule has 1 aromatic heterocycles. The van der Waals surface area contributed by atoms with Crippen molar-refractivity contribution in [3.05, 3.63) is 17.7 Å². The molecule has 0 aromatic carbocycles. The zero-order valence-electron chi connectivity index (χ0n) is 8.90. The summed E-state index contributed by atoms with van der Waals surface area (Å²) in [5, 5.41) is 0. The van der Waals surface area contributed by atoms with Gasteiger partial charge in [0.05, 0.1) is 12.0 Å². The van der Waals surface area contributed by atoms with Crippen molar-refractivity contribution in [1.29, 1.82) is 0 Å². The van der Waals surface area contributed by atoms with Crippen molar-refractivity contribution < 1.29 is 18.0 Å². The van der Waals surface area contributed by atoms with Crippen molar-refractivity contribution in [2.75, 3.05) is 0 Å². The number of hydrogen-bond acceptors (Lipinski definition) is 2. The van der Waals surface area contributed by atoms with Crippen molar-refractivity contribution in [3.8, 4) is 0 Å². The summed E-state index contributed by atoms with van der Waals surface area (Å²) < 4.78 is 35.5. The second-order valence-corrected chi connectivity index (χ2v) is 3.66. The van der Waals surface area contributed by atoms with Gasteiger partial charge in [0, 0.05) is 12.1 Å². The highest BCUT2D eigenvalue weighted by atomic mass is 19.4. The molecule has 16 heavy (non-hydrogen) atoms. The van der Waals surface area contributed by atoms with Crippen molar-refractivity contribution in [1.82, 2.24) is 9.97 Å². The average Bonchev–Trinajstić information content (AvgIpc) is 2.48. The molecule has 1 rings (SSSR count). The number of imidazole rings is 1. The zero-order valence-corrected chi connectivity index (χ0v) is 8.90. The van der Waals surface area contributed by atoms with Crippen molar-refractivity contribution in [2.45, 2.75) is 38.8 Å². The van der Waals surface area contributed by atoms with E-state index >= 15 is 0 Å². The van der Waals surface area contributed by atoms with E-state index in [-0.39, 0.29) is 6.42 Å². The fourth-order valence-corrected chi connectivity index (χ4v) is 1.40. The molecule has 0 aliphatic rings. The largest absolute Gasteiger partial charge is 0.395 e. The fourth-order valence-electron chi connectivity index (χ4n) is 1.40. The number of Topliss-reactive ketones (excluding diaryl/α,β-unsaturated/α-hetero) is 1. The summed E-state index contributed by atoms with van der Waals surface area (Å²) in [6.07, 6.45) is -3.31. The number of alkyl halides is 3. The van der Waals surface area contributed by atoms with Crippen LogP contribution in [0.4, 0.5) is 13.2 Å². The van der Waals surface area contributed by atoms with E-state index in [0.717, 1.165) is 11.4 Å². The van der Waals surface area contributed by atoms with Crippen molar-refractivity contribution in [2.24, 2.45) is 0 Å². The molecular formula is C10H13F3N2O. The number of hydrogen-bond donors (Lipinski definition) is 1. The Balaban J connectivity index is 2.26. The van der Waals surface area contributed by atoms with Gasteiger partial charge in [-0.3, -0.25) is 4.79 Å². The Morgan fingerprint density at radius 1 is 1.50 bits per heavy atom. The molecule has 0 unspecified atom stereocenters. The van der Waals surface area contributed by atoms with Gasteiger partial charge in [0.1, 0.15) is 12.2 Å². The highest BCUT2D eigenvalue weighted by Crippen LogP contribution is 2.21. The molecule has 0 radical (unpaired) electrons. The average molecular weight is 234 g/mol. The van der Waals surface area contributed by atoms with Gasteiger partial charge in [0.2, 0.25) is 0 Å². The highest BCUT2D eigenvalue weighted by molar-refractivity contribution is 5.78. The molecule has 0 fully saturated rings. The van der Waals surface area contributed by atoms with E-state index in [1.165, 1.54) is 6.33 Å². The molecule has 0 saturated carbocycles. The summed E-state index contributed by atoms with van der Waals surface area (Å²) in [5.41, 5.74) is 1.70. The molecule has 0 spiro atoms. The third kappa shape index (κ3) is 4.46. The van der Waals surface area contributed by atoms with Crippen LogP contribution in [-0.2, 0) is 11.2 Å². The zero-order chi connectivity index (χ0) is 12.2. The van der Waals surface area contributed by atoms with Crippen LogP contribution in [0.25, 0.3) is 0 Å². The molecule has 1 N–H and O–H groups in total. The van der Waals surface area contributed by atoms with Gasteiger partial charge >= 0.3 is 6.18 Å². The van der Waals surface area contributed by atoms with Crippen LogP contribution in [-0.4, -0.2) is 21.9 Å². The second-order valence-electron chi connectivity index (χ2n) is 3.66. The summed E-state index contributed by atoms with van der Waals surface area (Å²) >= 11 is 0. The van der Waals surface area contributed by atoms with Gasteiger partial charge in [-0.15, -0.1) is 0 Å². The quantitative estimate of drug-likeness (QED) is 0.851. The Morgan fingerprint density at radius 2 is 2.19 bits per heavy atom. The van der Waals surface area contributed by atoms with Gasteiger partial charge < -0.3 is 4.98 Å². The first kappa shape index (κ1) is 12.7. The number of halogens is 3. The predicted molar refractivity (Wildman–Crippen MR) is 51.9 cm³/mol. The molecule has 3 nitrogen and oxygen atoms in total. The minimum Gasteiger partial charge on any atom is -0.348 e. The lowest BCUT2D eigenvalue weighted by Gasteiger charge is -2.04. The van der Waals surface area contributed by atoms with E-state index in [0.29, 0.717) is 12.8 Å². The van der Waals surface area contributed by atoms with E-state index in [1.807, 2.05) is 6.92 Å². The highest BCUT2D eigenvalue weighted by Gasteiger charge is 2.30. The van der Waals surface area contributed by atoms with E-state index in [9.17, 15) is 18.0 Å². The lowest BCUT2D eigenvalue weighted by Crippen LogP contribution is -2.14. The third-order valence-corrected chi connectivity index (χ3v) is 2.20. The van der Waals surface area contributed by atoms with Crippen molar-refractivity contribution in [3.63, 3.8) is 0 Å². The van der Waals surface area contributed by atoms with Gasteiger partial charge in [0.25, 0.3) is 0 Å². The minimum atomic E-state index is -4.39. The van der Waals surface area contributed by atoms with Gasteiger partial charge in [-0.2, -0.15) is 13.2 Å². The molecule has 6 heteroatoms. The molecule has 1 aromatic rings. The Hall–Kier alpha value is -1.33. The lowest BCUT2D eigenvalue weighted by molar-refractivity contribution is -0.152. The van der Waals surface area contributed by atoms with Gasteiger partial charge in [-0.25, -0.2) is 4.98 Å². The number of H-pyrrole nitrogens is 1. The first-order chi connectivity index (χ1) is 7.38. The van der Waals surface area contributed by atoms with E-state index in [4.69, 9.17) is 0 Å². The first-order valence-corrected chi connectivity index (χ1v) is 4.96. The Labute approximate surface area is 91.1 Å². The van der Waals surface area contributed by atoms with Crippen LogP contribution in [0.2, 0.25) is 0 Å². The van der Waals surface area contributed by atoms with Crippen LogP contribution in [0, 0.1) is 6.92 Å². The SMILES string of the molecule is Cc1[nH]cnc1CCCC(=O)CC(F)(F)F. The van der Waals surface area contributed by atoms with Gasteiger partial charge in [-0.1, -0.05) is 0 Å². The normalized spacial score (nSPS) is 11.8. The molecule has 0 bridgehead atoms. The van der Waals surface area contributed by atoms with Gasteiger partial charge in [-0.05, 0) is 19.8 Å². The molecule has 90 valence electrons. The maximum absolute atomic E-state index is 11.8. The maximum Gasteiger partial charge on any atom is 0.395 e. The molecule has 0 saturated heterocycles. The number of carbonyl (C=O) groups excluding carboxylic acids is 1. The Bertz CT molecular complexity index is 357. The number of rotatable bonds is 5. The number of ketones is 1. The standard InChI is InChI=1S/C10H13F3N2O/c1-7-9(15-6-14-7)4-2-3-8(16)5-10(11,12)13/h6H,2-5H2,1H3,(H,14,15). The van der Waals surface area contributed by atoms with E-state index < -0.39 is 18.4 Å². The Morgan fingerprint density at radius 3 is 2.69 bits per heavy atom. The lowest BCUT2D eigenvalue weighted by atomic mass is 10.1. The number of aryl methyl sites for hydroxylation is 2. The van der Waals surface area contributed by atoms with Gasteiger partial charge in [0.15, 0.2) is 0 Å². The number of nitrogens with one attached hydrogen (secondary N) is 1. The van der Waals surface area contributed by atoms with Crippen LogP contribution in [0.15, 0.2) is 6.33 Å². The smallest absolute Gasteiger partial charge is 0.348 e. The molecule has 0 atom stereocenters. The monoisotopic (exact) mass is 234 g/mol. The van der Waals surface area contributed by atoms with Crippen LogP contribution in [0.3, 0.4) is 0 Å². The third-order valence-electron chi connectivity index (χ3n) is 2.20. The molecular weight excluding hydrogens is 221 g/mol. The topological polar surface area (TPSA) is 45.8 Å². The van der Waals surface area contributed by atoms with Crippen molar-refractivity contribution >= 4 is 5.78 Å². The summed E-state index contributed by atoms with van der Waals surface area (Å²) in [7, 11) is 0. The number of aromatic amines is 1. The number of carbonyl (C=O) groups is 1. The van der Waals surface area contributed by atoms with E-state index in [1.54, 1.807) is 0 Å². The molecule has 0 amide bonds. The Kier molecular flexibility index (Phi) is 4.09. The van der Waals surface area contributed by atoms with E-state index in [2.05, 4.69) is 9.97 Å².